The summed E-state index contributed by atoms with van der Waals surface area (Å²) >= 11 is 2.32. The van der Waals surface area contributed by atoms with Crippen molar-refractivity contribution in [3.05, 3.63) is 233 Å². The second-order valence-electron chi connectivity index (χ2n) is 19.6. The molecule has 0 spiro atoms. The Morgan fingerprint density at radius 2 is 1.16 bits per heavy atom. The Morgan fingerprint density at radius 1 is 0.548 bits per heavy atom. The molecule has 0 radical (unpaired) electrons. The second kappa shape index (κ2) is 16.7. The van der Waals surface area contributed by atoms with E-state index in [2.05, 4.69) is 120 Å². The van der Waals surface area contributed by atoms with E-state index in [1.54, 1.807) is 6.07 Å². The fraction of sp³-hybridized carbons (Fsp3) is 0.0769. The van der Waals surface area contributed by atoms with E-state index in [1.165, 1.54) is 0 Å². The number of ether oxygens (including phenoxy) is 1. The van der Waals surface area contributed by atoms with Gasteiger partial charge >= 0.3 is 379 Å². The first-order valence-electron chi connectivity index (χ1n) is 28.3. The van der Waals surface area contributed by atoms with Gasteiger partial charge < -0.3 is 0 Å². The molecular formula is C65H48BN5OPt. The number of rotatable bonds is 7. The molecular weight excluding hydrogens is 1070 g/mol. The van der Waals surface area contributed by atoms with E-state index < -0.39 is 25.0 Å². The normalized spacial score (nSPS) is 14.7. The van der Waals surface area contributed by atoms with E-state index in [0.29, 0.717) is 37.9 Å². The van der Waals surface area contributed by atoms with Crippen LogP contribution in [0, 0.1) is 10.7 Å². The number of fused-ring (bicyclic) bond motifs is 10. The Bertz CT molecular complexity index is 4520. The zero-order chi connectivity index (χ0) is 56.0. The van der Waals surface area contributed by atoms with Crippen molar-refractivity contribution < 1.29 is 35.1 Å². The molecule has 6 nitrogen and oxygen atoms in total. The van der Waals surface area contributed by atoms with Crippen LogP contribution in [0.15, 0.2) is 218 Å². The first-order valence-corrected chi connectivity index (χ1v) is 25.5. The van der Waals surface area contributed by atoms with Crippen LogP contribution in [0.1, 0.15) is 42.9 Å². The predicted molar refractivity (Wildman–Crippen MR) is 297 cm³/mol. The topological polar surface area (TPSA) is 38.5 Å². The average Bonchev–Trinajstić information content (AvgIpc) is 2.34. The van der Waals surface area contributed by atoms with Crippen LogP contribution in [0.25, 0.3) is 78.0 Å². The molecule has 0 aliphatic carbocycles. The quantitative estimate of drug-likeness (QED) is 0.149. The van der Waals surface area contributed by atoms with Crippen molar-refractivity contribution in [1.82, 2.24) is 14.1 Å². The third kappa shape index (κ3) is 6.68. The van der Waals surface area contributed by atoms with E-state index in [0.717, 1.165) is 78.1 Å². The Morgan fingerprint density at radius 3 is 1.92 bits per heavy atom. The Labute approximate surface area is 447 Å². The molecule has 3 aliphatic rings. The Balaban J connectivity index is 1.02. The fourth-order valence-corrected chi connectivity index (χ4v) is 12.5. The van der Waals surface area contributed by atoms with Crippen molar-refractivity contribution in [1.29, 1.82) is 0 Å². The van der Waals surface area contributed by atoms with Gasteiger partial charge in [0.1, 0.15) is 0 Å². The molecule has 9 aromatic carbocycles. The number of anilines is 4. The van der Waals surface area contributed by atoms with Gasteiger partial charge in [0.25, 0.3) is 0 Å². The van der Waals surface area contributed by atoms with Gasteiger partial charge in [-0.1, -0.05) is 42.5 Å². The number of pyridine rings is 1. The summed E-state index contributed by atoms with van der Waals surface area (Å²) in [6.45, 7) is 3.59. The van der Waals surface area contributed by atoms with Gasteiger partial charge in [0.05, 0.1) is 0 Å². The van der Waals surface area contributed by atoms with Gasteiger partial charge in [0, 0.05) is 11.3 Å². The minimum absolute atomic E-state index is 0.0862. The van der Waals surface area contributed by atoms with Gasteiger partial charge in [-0.2, -0.15) is 0 Å². The van der Waals surface area contributed by atoms with Crippen molar-refractivity contribution in [3.63, 3.8) is 0 Å². The van der Waals surface area contributed by atoms with E-state index in [-0.39, 0.29) is 41.5 Å². The minimum atomic E-state index is -2.59. The van der Waals surface area contributed by atoms with Crippen molar-refractivity contribution in [2.45, 2.75) is 33.0 Å². The van der Waals surface area contributed by atoms with E-state index in [4.69, 9.17) is 13.8 Å². The van der Waals surface area contributed by atoms with Crippen molar-refractivity contribution in [2.24, 2.45) is 0 Å². The van der Waals surface area contributed by atoms with Crippen molar-refractivity contribution in [2.75, 3.05) is 9.62 Å². The molecule has 0 N–H and O–H groups in total. The third-order valence-corrected chi connectivity index (χ3v) is 15.5. The molecule has 0 bridgehead atoms. The van der Waals surface area contributed by atoms with Crippen LogP contribution in [0.3, 0.4) is 0 Å². The molecule has 0 amide bonds. The molecule has 2 aromatic heterocycles. The molecule has 8 heteroatoms. The van der Waals surface area contributed by atoms with Gasteiger partial charge in [-0.25, -0.2) is 0 Å². The van der Waals surface area contributed by atoms with Crippen LogP contribution in [0.5, 0.6) is 11.6 Å². The molecule has 0 atom stereocenters. The number of nitrogens with zero attached hydrogens (tertiary/aromatic N) is 5. The summed E-state index contributed by atoms with van der Waals surface area (Å²) in [7, 11) is 0. The van der Waals surface area contributed by atoms with Gasteiger partial charge in [-0.05, 0) is 17.7 Å². The number of hydrogen-bond acceptors (Lipinski definition) is 4. The Kier molecular flexibility index (Phi) is 8.17. The van der Waals surface area contributed by atoms with E-state index in [1.807, 2.05) is 121 Å². The summed E-state index contributed by atoms with van der Waals surface area (Å²) in [5, 5.41) is 0. The van der Waals surface area contributed by atoms with Gasteiger partial charge in [-0.3, -0.25) is 0 Å². The van der Waals surface area contributed by atoms with E-state index >= 15 is 0 Å². The van der Waals surface area contributed by atoms with Gasteiger partial charge in [-0.15, -0.1) is 0 Å². The molecule has 0 fully saturated rings. The first kappa shape index (κ1) is 35.8. The summed E-state index contributed by atoms with van der Waals surface area (Å²) in [4.78, 5) is 9.96. The van der Waals surface area contributed by atoms with Crippen LogP contribution < -0.4 is 19.8 Å². The predicted octanol–water partition coefficient (Wildman–Crippen LogP) is 15.9. The zero-order valence-corrected chi connectivity index (χ0v) is 42.2. The maximum atomic E-state index is 9.24. The standard InChI is InChI=1S/C65H48BN5O.Pt/c1-42-39-60(67-64-61(42)52-30-20-29-51-49-26-12-14-32-54(49)70-57-35-17-18-36-58(57)71(64)66(70)62(51)52)72-59-40-45(37-38-50(59)48-25-11-13-31-53(48)65(2,3)4)68-41-69(56-34-16-15-33-55(56)68)63-46(43-21-7-5-8-22-43)27-19-28-47(63)44-23-9-6-10-24-44;/h5-40H,1-4H3;/i1D3,5D,7D,8D,21D,22D;. The third-order valence-electron chi connectivity index (χ3n) is 14.5. The number of para-hydroxylation sites is 6. The van der Waals surface area contributed by atoms with Crippen molar-refractivity contribution >= 4 is 46.4 Å². The zero-order valence-electron chi connectivity index (χ0n) is 47.9. The molecule has 3 aliphatic heterocycles. The summed E-state index contributed by atoms with van der Waals surface area (Å²) in [5.74, 6) is 1.03. The molecule has 0 unspecified atom stereocenters. The number of hydrogen-bond donors (Lipinski definition) is 0. The van der Waals surface area contributed by atoms with E-state index in [9.17, 15) is 6.85 Å². The van der Waals surface area contributed by atoms with Crippen LogP contribution in [0.2, 0.25) is 0 Å². The molecule has 11 aromatic rings. The summed E-state index contributed by atoms with van der Waals surface area (Å²) in [6.07, 6.45) is 0. The molecule has 5 heterocycles. The monoisotopic (exact) mass is 1130 g/mol. The molecule has 73 heavy (non-hydrogen) atoms. The molecule has 0 saturated heterocycles. The summed E-state index contributed by atoms with van der Waals surface area (Å²) in [5.41, 5.74) is 15.2. The average molecular weight is 1130 g/mol. The number of imidazole rings is 1. The summed E-state index contributed by atoms with van der Waals surface area (Å²) in [6, 6.07) is 60.3. The van der Waals surface area contributed by atoms with Crippen LogP contribution in [-0.2, 0) is 24.8 Å². The maximum absolute atomic E-state index is 9.24. The van der Waals surface area contributed by atoms with Gasteiger partial charge in [0.2, 0.25) is 0 Å². The van der Waals surface area contributed by atoms with Crippen molar-refractivity contribution in [3.8, 4) is 78.6 Å². The second-order valence-corrected chi connectivity index (χ2v) is 20.7. The van der Waals surface area contributed by atoms with Gasteiger partial charge in [0.15, 0.2) is 0 Å². The summed E-state index contributed by atoms with van der Waals surface area (Å²) < 4.78 is 84.4. The number of benzene rings is 9. The van der Waals surface area contributed by atoms with Crippen LogP contribution in [-0.4, -0.2) is 21.1 Å². The fourth-order valence-electron chi connectivity index (χ4n) is 11.4. The van der Waals surface area contributed by atoms with Crippen LogP contribution >= 0.6 is 0 Å². The number of aryl methyl sites for hydroxylation is 1. The SMILES string of the molecule is [2H]c1c([2H])c([2H])c(-c2cccc(-c3ccccc3)c2-n2[c](=[Pt])n(-c3ccc(-c4ccccc4C(C)(C)C)c(Oc4cc(C([2H])([2H])[2H])c5c(n4)N4B6c7c(cccc7-5)-c5ccccc5N6c5ccccc54)c3)c3ccccc32)c([2H])c1[2H]. The molecule has 352 valence electrons. The number of aromatic nitrogens is 3. The Hall–Kier alpha value is -8.25. The first-order chi connectivity index (χ1) is 39.0. The molecule has 14 rings (SSSR count). The van der Waals surface area contributed by atoms with Crippen LogP contribution in [0.4, 0.5) is 22.9 Å². The molecule has 0 saturated carbocycles.